The van der Waals surface area contributed by atoms with Crippen LogP contribution in [0, 0.1) is 11.3 Å². The molecule has 1 fully saturated rings. The van der Waals surface area contributed by atoms with Gasteiger partial charge in [0, 0.05) is 18.4 Å². The summed E-state index contributed by atoms with van der Waals surface area (Å²) in [6, 6.07) is 0. The minimum absolute atomic E-state index is 0.0205. The standard InChI is InChI=1S/C15H27NO2/c1-5-6-11-15(2,3)14(18)16(4)13(17)12-9-7-8-10-12/h12H,5-11H2,1-4H3. The van der Waals surface area contributed by atoms with Crippen molar-refractivity contribution in [2.45, 2.75) is 65.7 Å². The van der Waals surface area contributed by atoms with E-state index in [4.69, 9.17) is 0 Å². The first-order valence-corrected chi connectivity index (χ1v) is 7.22. The van der Waals surface area contributed by atoms with Crippen molar-refractivity contribution in [1.82, 2.24) is 4.90 Å². The molecule has 0 aromatic rings. The molecule has 0 radical (unpaired) electrons. The number of carbonyl (C=O) groups is 2. The third kappa shape index (κ3) is 3.56. The molecule has 1 rings (SSSR count). The number of rotatable bonds is 5. The average molecular weight is 253 g/mol. The van der Waals surface area contributed by atoms with E-state index in [0.29, 0.717) is 0 Å². The van der Waals surface area contributed by atoms with Crippen molar-refractivity contribution >= 4 is 11.8 Å². The summed E-state index contributed by atoms with van der Waals surface area (Å²) in [5.74, 6) is 0.0934. The summed E-state index contributed by atoms with van der Waals surface area (Å²) < 4.78 is 0. The first-order valence-electron chi connectivity index (χ1n) is 7.22. The molecule has 0 atom stereocenters. The highest BCUT2D eigenvalue weighted by atomic mass is 16.2. The van der Waals surface area contributed by atoms with Crippen molar-refractivity contribution in [1.29, 1.82) is 0 Å². The molecule has 0 spiro atoms. The molecule has 0 N–H and O–H groups in total. The van der Waals surface area contributed by atoms with Crippen LogP contribution in [0.3, 0.4) is 0 Å². The smallest absolute Gasteiger partial charge is 0.234 e. The Balaban J connectivity index is 2.61. The number of imide groups is 1. The van der Waals surface area contributed by atoms with Gasteiger partial charge in [-0.2, -0.15) is 0 Å². The average Bonchev–Trinajstić information content (AvgIpc) is 2.87. The van der Waals surface area contributed by atoms with Crippen LogP contribution in [-0.4, -0.2) is 23.8 Å². The predicted molar refractivity (Wildman–Crippen MR) is 73.0 cm³/mol. The van der Waals surface area contributed by atoms with Gasteiger partial charge in [-0.1, -0.05) is 46.5 Å². The Hall–Kier alpha value is -0.860. The van der Waals surface area contributed by atoms with Crippen LogP contribution in [0.1, 0.15) is 65.7 Å². The van der Waals surface area contributed by atoms with Crippen molar-refractivity contribution in [3.63, 3.8) is 0 Å². The minimum Gasteiger partial charge on any atom is -0.285 e. The zero-order chi connectivity index (χ0) is 13.8. The highest BCUT2D eigenvalue weighted by Crippen LogP contribution is 2.30. The van der Waals surface area contributed by atoms with Crippen molar-refractivity contribution in [2.24, 2.45) is 11.3 Å². The second-order valence-electron chi connectivity index (χ2n) is 6.17. The summed E-state index contributed by atoms with van der Waals surface area (Å²) in [5, 5.41) is 0. The van der Waals surface area contributed by atoms with Crippen molar-refractivity contribution in [3.05, 3.63) is 0 Å². The lowest BCUT2D eigenvalue weighted by atomic mass is 9.85. The van der Waals surface area contributed by atoms with Crippen LogP contribution >= 0.6 is 0 Å². The quantitative estimate of drug-likeness (QED) is 0.753. The van der Waals surface area contributed by atoms with E-state index >= 15 is 0 Å². The minimum atomic E-state index is -0.418. The lowest BCUT2D eigenvalue weighted by Gasteiger charge is -2.29. The van der Waals surface area contributed by atoms with Gasteiger partial charge >= 0.3 is 0 Å². The molecule has 0 aromatic carbocycles. The Morgan fingerprint density at radius 3 is 2.28 bits per heavy atom. The van der Waals surface area contributed by atoms with Crippen LogP contribution in [0.4, 0.5) is 0 Å². The van der Waals surface area contributed by atoms with E-state index < -0.39 is 5.41 Å². The molecule has 0 unspecified atom stereocenters. The summed E-state index contributed by atoms with van der Waals surface area (Å²) in [6.07, 6.45) is 7.11. The van der Waals surface area contributed by atoms with E-state index in [1.807, 2.05) is 13.8 Å². The Kier molecular flexibility index (Phi) is 5.36. The van der Waals surface area contributed by atoms with Gasteiger partial charge in [-0.15, -0.1) is 0 Å². The highest BCUT2D eigenvalue weighted by molar-refractivity contribution is 5.98. The van der Waals surface area contributed by atoms with Crippen LogP contribution < -0.4 is 0 Å². The fourth-order valence-electron chi connectivity index (χ4n) is 2.73. The Morgan fingerprint density at radius 2 is 1.78 bits per heavy atom. The Bertz CT molecular complexity index is 304. The molecule has 0 saturated heterocycles. The lowest BCUT2D eigenvalue weighted by molar-refractivity contribution is -0.151. The number of amides is 2. The molecule has 0 aliphatic heterocycles. The maximum absolute atomic E-state index is 12.4. The largest absolute Gasteiger partial charge is 0.285 e. The van der Waals surface area contributed by atoms with Gasteiger partial charge in [-0.05, 0) is 19.3 Å². The van der Waals surface area contributed by atoms with E-state index in [-0.39, 0.29) is 17.7 Å². The zero-order valence-corrected chi connectivity index (χ0v) is 12.3. The van der Waals surface area contributed by atoms with Crippen LogP contribution in [0.25, 0.3) is 0 Å². The van der Waals surface area contributed by atoms with Gasteiger partial charge in [0.2, 0.25) is 11.8 Å². The lowest BCUT2D eigenvalue weighted by Crippen LogP contribution is -2.44. The summed E-state index contributed by atoms with van der Waals surface area (Å²) >= 11 is 0. The maximum Gasteiger partial charge on any atom is 0.234 e. The van der Waals surface area contributed by atoms with Crippen molar-refractivity contribution in [3.8, 4) is 0 Å². The van der Waals surface area contributed by atoms with Gasteiger partial charge in [-0.25, -0.2) is 0 Å². The molecule has 1 aliphatic rings. The first kappa shape index (κ1) is 15.2. The number of unbranched alkanes of at least 4 members (excludes halogenated alkanes) is 1. The molecule has 2 amide bonds. The summed E-state index contributed by atoms with van der Waals surface area (Å²) in [7, 11) is 1.65. The van der Waals surface area contributed by atoms with Crippen LogP contribution in [0.5, 0.6) is 0 Å². The fourth-order valence-corrected chi connectivity index (χ4v) is 2.73. The Morgan fingerprint density at radius 1 is 1.22 bits per heavy atom. The first-order chi connectivity index (χ1) is 8.40. The number of hydrogen-bond donors (Lipinski definition) is 0. The highest BCUT2D eigenvalue weighted by Gasteiger charge is 2.35. The molecule has 0 bridgehead atoms. The Labute approximate surface area is 111 Å². The van der Waals surface area contributed by atoms with Crippen LogP contribution in [0.15, 0.2) is 0 Å². The van der Waals surface area contributed by atoms with E-state index in [1.54, 1.807) is 7.05 Å². The third-order valence-electron chi connectivity index (χ3n) is 4.07. The number of hydrogen-bond acceptors (Lipinski definition) is 2. The normalized spacial score (nSPS) is 16.9. The molecular weight excluding hydrogens is 226 g/mol. The second-order valence-corrected chi connectivity index (χ2v) is 6.17. The molecule has 0 heterocycles. The monoisotopic (exact) mass is 253 g/mol. The van der Waals surface area contributed by atoms with Gasteiger partial charge in [0.1, 0.15) is 0 Å². The summed E-state index contributed by atoms with van der Waals surface area (Å²) in [6.45, 7) is 6.01. The van der Waals surface area contributed by atoms with Crippen LogP contribution in [-0.2, 0) is 9.59 Å². The van der Waals surface area contributed by atoms with E-state index in [0.717, 1.165) is 44.9 Å². The van der Waals surface area contributed by atoms with Crippen LogP contribution in [0.2, 0.25) is 0 Å². The molecule has 104 valence electrons. The molecule has 3 nitrogen and oxygen atoms in total. The summed E-state index contributed by atoms with van der Waals surface area (Å²) in [4.78, 5) is 26.0. The number of carbonyl (C=O) groups excluding carboxylic acids is 2. The molecular formula is C15H27NO2. The summed E-state index contributed by atoms with van der Waals surface area (Å²) in [5.41, 5.74) is -0.418. The van der Waals surface area contributed by atoms with Gasteiger partial charge in [0.05, 0.1) is 0 Å². The topological polar surface area (TPSA) is 37.4 Å². The maximum atomic E-state index is 12.4. The van der Waals surface area contributed by atoms with E-state index in [9.17, 15) is 9.59 Å². The van der Waals surface area contributed by atoms with E-state index in [2.05, 4.69) is 6.92 Å². The van der Waals surface area contributed by atoms with Crippen molar-refractivity contribution < 1.29 is 9.59 Å². The molecule has 0 aromatic heterocycles. The molecule has 1 aliphatic carbocycles. The third-order valence-corrected chi connectivity index (χ3v) is 4.07. The van der Waals surface area contributed by atoms with Gasteiger partial charge in [0.25, 0.3) is 0 Å². The van der Waals surface area contributed by atoms with Gasteiger partial charge in [-0.3, -0.25) is 14.5 Å². The molecule has 3 heteroatoms. The van der Waals surface area contributed by atoms with E-state index in [1.165, 1.54) is 4.90 Å². The van der Waals surface area contributed by atoms with Crippen molar-refractivity contribution in [2.75, 3.05) is 7.05 Å². The number of nitrogens with zero attached hydrogens (tertiary/aromatic N) is 1. The molecule has 18 heavy (non-hydrogen) atoms. The van der Waals surface area contributed by atoms with Gasteiger partial charge < -0.3 is 0 Å². The molecule has 1 saturated carbocycles. The zero-order valence-electron chi connectivity index (χ0n) is 12.3. The predicted octanol–water partition coefficient (Wildman–Crippen LogP) is 3.38. The SMILES string of the molecule is CCCCC(C)(C)C(=O)N(C)C(=O)C1CCCC1. The second kappa shape index (κ2) is 6.35. The van der Waals surface area contributed by atoms with Gasteiger partial charge in [0.15, 0.2) is 0 Å². The fraction of sp³-hybridized carbons (Fsp3) is 0.867.